The summed E-state index contributed by atoms with van der Waals surface area (Å²) in [5.74, 6) is 1.67. The number of ether oxygens (including phenoxy) is 3. The number of hydrogen-bond donors (Lipinski definition) is 0. The van der Waals surface area contributed by atoms with Crippen molar-refractivity contribution in [3.63, 3.8) is 0 Å². The van der Waals surface area contributed by atoms with Crippen molar-refractivity contribution in [2.45, 2.75) is 0 Å². The molecule has 2 rings (SSSR count). The first-order valence-electron chi connectivity index (χ1n) is 6.87. The summed E-state index contributed by atoms with van der Waals surface area (Å²) in [4.78, 5) is 12.3. The Labute approximate surface area is 143 Å². The van der Waals surface area contributed by atoms with E-state index in [1.807, 2.05) is 18.2 Å². The predicted octanol–water partition coefficient (Wildman–Crippen LogP) is 4.37. The fraction of sp³-hybridized carbons (Fsp3) is 0.167. The summed E-state index contributed by atoms with van der Waals surface area (Å²) in [6, 6.07) is 10.7. The van der Waals surface area contributed by atoms with E-state index in [1.54, 1.807) is 38.5 Å². The summed E-state index contributed by atoms with van der Waals surface area (Å²) in [6.07, 6.45) is 3.23. The molecule has 0 N–H and O–H groups in total. The molecule has 0 aliphatic rings. The van der Waals surface area contributed by atoms with Gasteiger partial charge in [0.05, 0.1) is 21.3 Å². The van der Waals surface area contributed by atoms with Crippen LogP contribution in [0.4, 0.5) is 0 Å². The minimum Gasteiger partial charge on any atom is -0.496 e. The zero-order valence-corrected chi connectivity index (χ0v) is 14.7. The Kier molecular flexibility index (Phi) is 5.82. The summed E-state index contributed by atoms with van der Waals surface area (Å²) < 4.78 is 16.6. The summed E-state index contributed by atoms with van der Waals surface area (Å²) in [5.41, 5.74) is 1.34. The van der Waals surface area contributed by atoms with Crippen LogP contribution in [-0.4, -0.2) is 27.1 Å². The Hall–Kier alpha value is -2.27. The van der Waals surface area contributed by atoms with E-state index in [2.05, 4.69) is 15.9 Å². The molecule has 0 spiro atoms. The van der Waals surface area contributed by atoms with Crippen LogP contribution >= 0.6 is 15.9 Å². The van der Waals surface area contributed by atoms with Crippen LogP contribution in [0, 0.1) is 0 Å². The van der Waals surface area contributed by atoms with Gasteiger partial charge in [0.2, 0.25) is 0 Å². The highest BCUT2D eigenvalue weighted by atomic mass is 79.9. The molecule has 2 aromatic carbocycles. The lowest BCUT2D eigenvalue weighted by molar-refractivity contribution is 0.104. The summed E-state index contributed by atoms with van der Waals surface area (Å²) in [5, 5.41) is 0. The first-order valence-corrected chi connectivity index (χ1v) is 7.66. The molecule has 0 amide bonds. The van der Waals surface area contributed by atoms with Crippen molar-refractivity contribution in [1.82, 2.24) is 0 Å². The topological polar surface area (TPSA) is 44.8 Å². The Morgan fingerprint density at radius 2 is 1.57 bits per heavy atom. The normalized spacial score (nSPS) is 10.6. The van der Waals surface area contributed by atoms with Gasteiger partial charge in [0.15, 0.2) is 17.3 Å². The van der Waals surface area contributed by atoms with Gasteiger partial charge < -0.3 is 14.2 Å². The van der Waals surface area contributed by atoms with Crippen LogP contribution in [0.2, 0.25) is 0 Å². The van der Waals surface area contributed by atoms with Crippen molar-refractivity contribution in [2.75, 3.05) is 21.3 Å². The maximum absolute atomic E-state index is 12.3. The third kappa shape index (κ3) is 4.13. The van der Waals surface area contributed by atoms with Gasteiger partial charge in [-0.05, 0) is 48.6 Å². The standard InChI is InChI=1S/C18H17BrO4/c1-21-16-9-6-14(19)10-13(16)4-7-15(20)12-5-8-17(22-2)18(11-12)23-3/h4-11H,1-3H3. The predicted molar refractivity (Wildman–Crippen MR) is 93.6 cm³/mol. The molecule has 0 saturated heterocycles. The minimum atomic E-state index is -0.131. The lowest BCUT2D eigenvalue weighted by Gasteiger charge is -2.08. The van der Waals surface area contributed by atoms with Crippen molar-refractivity contribution in [1.29, 1.82) is 0 Å². The van der Waals surface area contributed by atoms with Crippen LogP contribution in [0.25, 0.3) is 6.08 Å². The molecule has 4 nitrogen and oxygen atoms in total. The second-order valence-electron chi connectivity index (χ2n) is 4.65. The molecule has 2 aromatic rings. The molecular formula is C18H17BrO4. The van der Waals surface area contributed by atoms with Gasteiger partial charge in [-0.1, -0.05) is 15.9 Å². The molecule has 0 bridgehead atoms. The van der Waals surface area contributed by atoms with Crippen LogP contribution in [0.1, 0.15) is 15.9 Å². The molecule has 0 atom stereocenters. The lowest BCUT2D eigenvalue weighted by atomic mass is 10.1. The molecule has 0 unspecified atom stereocenters. The van der Waals surface area contributed by atoms with Crippen molar-refractivity contribution in [2.24, 2.45) is 0 Å². The smallest absolute Gasteiger partial charge is 0.185 e. The summed E-state index contributed by atoms with van der Waals surface area (Å²) in [6.45, 7) is 0. The number of hydrogen-bond acceptors (Lipinski definition) is 4. The molecule has 0 radical (unpaired) electrons. The molecular weight excluding hydrogens is 360 g/mol. The van der Waals surface area contributed by atoms with Gasteiger partial charge in [0.1, 0.15) is 5.75 Å². The van der Waals surface area contributed by atoms with E-state index in [4.69, 9.17) is 14.2 Å². The van der Waals surface area contributed by atoms with E-state index in [0.29, 0.717) is 22.8 Å². The second-order valence-corrected chi connectivity index (χ2v) is 5.57. The average molecular weight is 377 g/mol. The highest BCUT2D eigenvalue weighted by Gasteiger charge is 2.09. The van der Waals surface area contributed by atoms with E-state index in [9.17, 15) is 4.79 Å². The maximum atomic E-state index is 12.3. The van der Waals surface area contributed by atoms with E-state index in [1.165, 1.54) is 13.2 Å². The maximum Gasteiger partial charge on any atom is 0.185 e. The van der Waals surface area contributed by atoms with Gasteiger partial charge in [-0.25, -0.2) is 0 Å². The SMILES string of the molecule is COc1ccc(Br)cc1C=CC(=O)c1ccc(OC)c(OC)c1. The molecule has 23 heavy (non-hydrogen) atoms. The molecule has 0 aliphatic carbocycles. The van der Waals surface area contributed by atoms with Gasteiger partial charge in [-0.3, -0.25) is 4.79 Å². The van der Waals surface area contributed by atoms with Crippen LogP contribution in [0.5, 0.6) is 17.2 Å². The number of allylic oxidation sites excluding steroid dienone is 1. The lowest BCUT2D eigenvalue weighted by Crippen LogP contribution is -1.97. The zero-order chi connectivity index (χ0) is 16.8. The number of carbonyl (C=O) groups excluding carboxylic acids is 1. The van der Waals surface area contributed by atoms with Crippen LogP contribution in [0.15, 0.2) is 46.9 Å². The fourth-order valence-electron chi connectivity index (χ4n) is 2.09. The summed E-state index contributed by atoms with van der Waals surface area (Å²) in [7, 11) is 4.68. The number of benzene rings is 2. The van der Waals surface area contributed by atoms with Crippen molar-refractivity contribution >= 4 is 27.8 Å². The fourth-order valence-corrected chi connectivity index (χ4v) is 2.47. The van der Waals surface area contributed by atoms with Gasteiger partial charge in [0, 0.05) is 15.6 Å². The van der Waals surface area contributed by atoms with Crippen LogP contribution in [0.3, 0.4) is 0 Å². The van der Waals surface area contributed by atoms with E-state index in [0.717, 1.165) is 10.0 Å². The Morgan fingerprint density at radius 3 is 2.22 bits per heavy atom. The number of methoxy groups -OCH3 is 3. The first kappa shape index (κ1) is 17.1. The highest BCUT2D eigenvalue weighted by molar-refractivity contribution is 9.10. The van der Waals surface area contributed by atoms with Crippen LogP contribution in [-0.2, 0) is 0 Å². The monoisotopic (exact) mass is 376 g/mol. The molecule has 0 aromatic heterocycles. The van der Waals surface area contributed by atoms with E-state index in [-0.39, 0.29) is 5.78 Å². The summed E-state index contributed by atoms with van der Waals surface area (Å²) >= 11 is 3.41. The highest BCUT2D eigenvalue weighted by Crippen LogP contribution is 2.28. The molecule has 0 saturated carbocycles. The molecule has 0 heterocycles. The average Bonchev–Trinajstić information content (AvgIpc) is 2.59. The Balaban J connectivity index is 2.27. The molecule has 0 aliphatic heterocycles. The number of carbonyl (C=O) groups is 1. The quantitative estimate of drug-likeness (QED) is 0.554. The van der Waals surface area contributed by atoms with Gasteiger partial charge >= 0.3 is 0 Å². The van der Waals surface area contributed by atoms with E-state index < -0.39 is 0 Å². The van der Waals surface area contributed by atoms with Crippen LogP contribution < -0.4 is 14.2 Å². The van der Waals surface area contributed by atoms with Gasteiger partial charge in [0.25, 0.3) is 0 Å². The van der Waals surface area contributed by atoms with Gasteiger partial charge in [-0.2, -0.15) is 0 Å². The molecule has 5 heteroatoms. The number of halogens is 1. The van der Waals surface area contributed by atoms with Crippen molar-refractivity contribution < 1.29 is 19.0 Å². The van der Waals surface area contributed by atoms with E-state index >= 15 is 0 Å². The number of rotatable bonds is 6. The largest absolute Gasteiger partial charge is 0.496 e. The first-order chi connectivity index (χ1) is 11.1. The third-order valence-electron chi connectivity index (χ3n) is 3.27. The third-order valence-corrected chi connectivity index (χ3v) is 3.77. The molecule has 0 fully saturated rings. The van der Waals surface area contributed by atoms with Gasteiger partial charge in [-0.15, -0.1) is 0 Å². The Morgan fingerprint density at radius 1 is 0.913 bits per heavy atom. The minimum absolute atomic E-state index is 0.131. The second kappa shape index (κ2) is 7.83. The molecule has 120 valence electrons. The van der Waals surface area contributed by atoms with Crippen molar-refractivity contribution in [3.8, 4) is 17.2 Å². The van der Waals surface area contributed by atoms with Crippen molar-refractivity contribution in [3.05, 3.63) is 58.1 Å². The Bertz CT molecular complexity index is 738. The zero-order valence-electron chi connectivity index (χ0n) is 13.1. The number of ketones is 1.